The van der Waals surface area contributed by atoms with Crippen molar-refractivity contribution in [1.82, 2.24) is 4.90 Å². The van der Waals surface area contributed by atoms with Crippen molar-refractivity contribution in [2.75, 3.05) is 6.54 Å². The fourth-order valence-corrected chi connectivity index (χ4v) is 5.68. The number of fused-ring (bicyclic) bond motifs is 3. The first-order valence-corrected chi connectivity index (χ1v) is 9.68. The second kappa shape index (κ2) is 5.49. The fourth-order valence-electron chi connectivity index (χ4n) is 5.68. The normalized spacial score (nSPS) is 37.9. The number of hydrogen-bond acceptors (Lipinski definition) is 3. The number of rotatable bonds is 1. The topological polar surface area (TPSA) is 29.5 Å². The van der Waals surface area contributed by atoms with Gasteiger partial charge in [0.1, 0.15) is 0 Å². The zero-order valence-electron chi connectivity index (χ0n) is 14.2. The van der Waals surface area contributed by atoms with Crippen molar-refractivity contribution in [1.29, 1.82) is 0 Å². The number of carbonyl (C=O) groups is 1. The van der Waals surface area contributed by atoms with Crippen LogP contribution in [-0.4, -0.2) is 35.1 Å². The monoisotopic (exact) mass is 323 g/mol. The highest BCUT2D eigenvalue weighted by Crippen LogP contribution is 2.53. The molecule has 5 aliphatic rings. The fraction of sp³-hybridized carbons (Fsp3) is 0.667. The summed E-state index contributed by atoms with van der Waals surface area (Å²) in [5, 5.41) is 0. The summed E-state index contributed by atoms with van der Waals surface area (Å²) in [6.45, 7) is 1.13. The molecule has 0 radical (unpaired) electrons. The SMILES string of the molecule is O=C1C=C2C(C#CCC3CCCC3)=C[C@@H]3C[C@@]2(O1)[C@H]1CCCCN31. The Balaban J connectivity index is 1.46. The van der Waals surface area contributed by atoms with Gasteiger partial charge in [0.2, 0.25) is 0 Å². The van der Waals surface area contributed by atoms with E-state index in [1.807, 2.05) is 0 Å². The smallest absolute Gasteiger partial charge is 0.332 e. The summed E-state index contributed by atoms with van der Waals surface area (Å²) in [6.07, 6.45) is 15.0. The average Bonchev–Trinajstić information content (AvgIpc) is 3.27. The Morgan fingerprint density at radius 2 is 2.04 bits per heavy atom. The van der Waals surface area contributed by atoms with Crippen molar-refractivity contribution in [2.45, 2.75) is 75.5 Å². The van der Waals surface area contributed by atoms with Gasteiger partial charge in [-0.2, -0.15) is 0 Å². The second-order valence-corrected chi connectivity index (χ2v) is 8.13. The summed E-state index contributed by atoms with van der Waals surface area (Å²) in [4.78, 5) is 14.7. The zero-order valence-corrected chi connectivity index (χ0v) is 14.2. The molecule has 0 aromatic heterocycles. The first kappa shape index (κ1) is 14.8. The van der Waals surface area contributed by atoms with Crippen molar-refractivity contribution < 1.29 is 9.53 Å². The van der Waals surface area contributed by atoms with Crippen molar-refractivity contribution in [3.8, 4) is 11.8 Å². The molecular weight excluding hydrogens is 298 g/mol. The van der Waals surface area contributed by atoms with E-state index >= 15 is 0 Å². The third-order valence-electron chi connectivity index (χ3n) is 6.76. The molecule has 3 heteroatoms. The van der Waals surface area contributed by atoms with Crippen LogP contribution in [0.1, 0.15) is 57.8 Å². The molecule has 0 N–H and O–H groups in total. The molecule has 1 saturated carbocycles. The molecule has 24 heavy (non-hydrogen) atoms. The molecule has 3 atom stereocenters. The minimum atomic E-state index is -0.395. The van der Waals surface area contributed by atoms with E-state index in [1.54, 1.807) is 6.08 Å². The van der Waals surface area contributed by atoms with Gasteiger partial charge in [0, 0.05) is 36.1 Å². The number of esters is 1. The maximum absolute atomic E-state index is 12.1. The lowest BCUT2D eigenvalue weighted by molar-refractivity contribution is -0.148. The highest BCUT2D eigenvalue weighted by Gasteiger charge is 2.61. The summed E-state index contributed by atoms with van der Waals surface area (Å²) >= 11 is 0. The lowest BCUT2D eigenvalue weighted by Gasteiger charge is -2.38. The van der Waals surface area contributed by atoms with Crippen molar-refractivity contribution >= 4 is 5.97 Å². The number of nitrogens with zero attached hydrogens (tertiary/aromatic N) is 1. The minimum Gasteiger partial charge on any atom is -0.449 e. The summed E-state index contributed by atoms with van der Waals surface area (Å²) < 4.78 is 5.94. The predicted octanol–water partition coefficient (Wildman–Crippen LogP) is 3.36. The Morgan fingerprint density at radius 1 is 1.21 bits per heavy atom. The predicted molar refractivity (Wildman–Crippen MR) is 92.1 cm³/mol. The second-order valence-electron chi connectivity index (χ2n) is 8.13. The molecule has 126 valence electrons. The van der Waals surface area contributed by atoms with Crippen LogP contribution in [0, 0.1) is 17.8 Å². The van der Waals surface area contributed by atoms with Crippen LogP contribution in [0.15, 0.2) is 23.3 Å². The molecule has 0 aromatic carbocycles. The van der Waals surface area contributed by atoms with Gasteiger partial charge in [-0.1, -0.05) is 37.2 Å². The Morgan fingerprint density at radius 3 is 2.92 bits per heavy atom. The Labute approximate surface area is 144 Å². The van der Waals surface area contributed by atoms with E-state index in [9.17, 15) is 4.79 Å². The Bertz CT molecular complexity index is 688. The number of ether oxygens (including phenoxy) is 1. The van der Waals surface area contributed by atoms with Gasteiger partial charge in [-0.05, 0) is 38.1 Å². The molecule has 2 saturated heterocycles. The van der Waals surface area contributed by atoms with Gasteiger partial charge in [-0.3, -0.25) is 4.90 Å². The molecule has 0 amide bonds. The molecular formula is C21H25NO2. The standard InChI is InChI=1S/C21H25NO2/c23-20-13-18-16(9-5-8-15-6-1-2-7-15)12-17-14-21(18,24-20)19-10-3-4-11-22(17)19/h12-13,15,17,19H,1-4,6-8,10-11,14H2/t17-,19-,21+/m1/s1. The molecule has 3 aliphatic heterocycles. The summed E-state index contributed by atoms with van der Waals surface area (Å²) in [5.74, 6) is 7.48. The lowest BCUT2D eigenvalue weighted by Crippen LogP contribution is -2.48. The largest absolute Gasteiger partial charge is 0.449 e. The Kier molecular flexibility index (Phi) is 3.38. The molecule has 1 spiro atoms. The van der Waals surface area contributed by atoms with Gasteiger partial charge in [-0.15, -0.1) is 0 Å². The molecule has 0 unspecified atom stereocenters. The van der Waals surface area contributed by atoms with Crippen LogP contribution < -0.4 is 0 Å². The quantitative estimate of drug-likeness (QED) is 0.547. The summed E-state index contributed by atoms with van der Waals surface area (Å²) in [5.41, 5.74) is 1.76. The third-order valence-corrected chi connectivity index (χ3v) is 6.76. The molecule has 3 fully saturated rings. The first-order chi connectivity index (χ1) is 11.8. The molecule has 5 rings (SSSR count). The summed E-state index contributed by atoms with van der Waals surface area (Å²) in [7, 11) is 0. The van der Waals surface area contributed by atoms with E-state index in [0.29, 0.717) is 12.1 Å². The maximum atomic E-state index is 12.1. The Hall–Kier alpha value is -1.53. The van der Waals surface area contributed by atoms with Gasteiger partial charge < -0.3 is 4.74 Å². The van der Waals surface area contributed by atoms with E-state index < -0.39 is 5.60 Å². The van der Waals surface area contributed by atoms with Crippen LogP contribution in [0.5, 0.6) is 0 Å². The van der Waals surface area contributed by atoms with Crippen molar-refractivity contribution in [3.63, 3.8) is 0 Å². The van der Waals surface area contributed by atoms with Crippen LogP contribution in [0.4, 0.5) is 0 Å². The van der Waals surface area contributed by atoms with Gasteiger partial charge in [0.05, 0.1) is 6.04 Å². The average molecular weight is 323 g/mol. The van der Waals surface area contributed by atoms with E-state index in [1.165, 1.54) is 38.5 Å². The van der Waals surface area contributed by atoms with Crippen molar-refractivity contribution in [2.24, 2.45) is 5.92 Å². The highest BCUT2D eigenvalue weighted by atomic mass is 16.6. The maximum Gasteiger partial charge on any atom is 0.332 e. The van der Waals surface area contributed by atoms with E-state index in [0.717, 1.165) is 42.9 Å². The van der Waals surface area contributed by atoms with Gasteiger partial charge in [0.15, 0.2) is 5.60 Å². The van der Waals surface area contributed by atoms with Crippen LogP contribution >= 0.6 is 0 Å². The molecule has 3 nitrogen and oxygen atoms in total. The van der Waals surface area contributed by atoms with Gasteiger partial charge in [-0.25, -0.2) is 4.79 Å². The minimum absolute atomic E-state index is 0.165. The van der Waals surface area contributed by atoms with Gasteiger partial charge in [0.25, 0.3) is 0 Å². The molecule has 3 heterocycles. The molecule has 2 aliphatic carbocycles. The highest BCUT2D eigenvalue weighted by molar-refractivity contribution is 5.90. The van der Waals surface area contributed by atoms with E-state index in [2.05, 4.69) is 22.8 Å². The molecule has 2 bridgehead atoms. The number of carbonyl (C=O) groups excluding carboxylic acids is 1. The van der Waals surface area contributed by atoms with E-state index in [4.69, 9.17) is 4.74 Å². The number of piperidine rings is 1. The summed E-state index contributed by atoms with van der Waals surface area (Å²) in [6, 6.07) is 0.758. The van der Waals surface area contributed by atoms with Crippen LogP contribution in [0.25, 0.3) is 0 Å². The van der Waals surface area contributed by atoms with Crippen molar-refractivity contribution in [3.05, 3.63) is 23.3 Å². The van der Waals surface area contributed by atoms with E-state index in [-0.39, 0.29) is 5.97 Å². The van der Waals surface area contributed by atoms with Gasteiger partial charge >= 0.3 is 5.97 Å². The van der Waals surface area contributed by atoms with Crippen LogP contribution in [0.3, 0.4) is 0 Å². The van der Waals surface area contributed by atoms with Crippen LogP contribution in [-0.2, 0) is 9.53 Å². The molecule has 0 aromatic rings. The third kappa shape index (κ3) is 2.12. The van der Waals surface area contributed by atoms with Crippen LogP contribution in [0.2, 0.25) is 0 Å². The lowest BCUT2D eigenvalue weighted by atomic mass is 9.77. The zero-order chi connectivity index (χ0) is 16.1. The number of hydrogen-bond donors (Lipinski definition) is 0. The first-order valence-electron chi connectivity index (χ1n) is 9.68.